The molecule has 0 fully saturated rings. The van der Waals surface area contributed by atoms with Crippen LogP contribution in [0.25, 0.3) is 11.1 Å². The predicted molar refractivity (Wildman–Crippen MR) is 66.5 cm³/mol. The van der Waals surface area contributed by atoms with Gasteiger partial charge < -0.3 is 5.11 Å². The molecule has 0 amide bonds. The Morgan fingerprint density at radius 1 is 1.18 bits per heavy atom. The fourth-order valence-electron chi connectivity index (χ4n) is 1.54. The second-order valence-corrected chi connectivity index (χ2v) is 4.43. The molecule has 2 aromatic carbocycles. The summed E-state index contributed by atoms with van der Waals surface area (Å²) in [7, 11) is 0. The van der Waals surface area contributed by atoms with Crippen LogP contribution in [0, 0.1) is 5.82 Å². The summed E-state index contributed by atoms with van der Waals surface area (Å²) in [5.41, 5.74) is 0.993. The maximum absolute atomic E-state index is 13.6. The molecule has 17 heavy (non-hydrogen) atoms. The summed E-state index contributed by atoms with van der Waals surface area (Å²) in [6.07, 6.45) is 0. The smallest absolute Gasteiger partial charge is 0.335 e. The predicted octanol–water partition coefficient (Wildman–Crippen LogP) is 3.95. The number of rotatable bonds is 2. The van der Waals surface area contributed by atoms with Crippen molar-refractivity contribution in [2.24, 2.45) is 0 Å². The first kappa shape index (κ1) is 11.8. The molecule has 4 heteroatoms. The van der Waals surface area contributed by atoms with Gasteiger partial charge in [-0.1, -0.05) is 28.1 Å². The number of hydrogen-bond acceptors (Lipinski definition) is 1. The molecule has 2 rings (SSSR count). The maximum Gasteiger partial charge on any atom is 0.335 e. The average Bonchev–Trinajstić information content (AvgIpc) is 2.29. The van der Waals surface area contributed by atoms with Gasteiger partial charge in [0.1, 0.15) is 5.82 Å². The number of halogens is 2. The molecule has 1 N–H and O–H groups in total. The molecular weight excluding hydrogens is 287 g/mol. The van der Waals surface area contributed by atoms with Crippen LogP contribution in [0.1, 0.15) is 10.4 Å². The highest BCUT2D eigenvalue weighted by atomic mass is 79.9. The molecule has 2 nitrogen and oxygen atoms in total. The highest BCUT2D eigenvalue weighted by Crippen LogP contribution is 2.26. The number of carboxylic acid groups (broad SMARTS) is 1. The van der Waals surface area contributed by atoms with E-state index in [1.165, 1.54) is 18.2 Å². The zero-order valence-electron chi connectivity index (χ0n) is 8.65. The van der Waals surface area contributed by atoms with E-state index in [0.29, 0.717) is 5.56 Å². The quantitative estimate of drug-likeness (QED) is 0.910. The molecule has 0 aliphatic rings. The van der Waals surface area contributed by atoms with Gasteiger partial charge in [-0.25, -0.2) is 9.18 Å². The van der Waals surface area contributed by atoms with Gasteiger partial charge in [-0.3, -0.25) is 0 Å². The largest absolute Gasteiger partial charge is 0.478 e. The molecule has 0 aromatic heterocycles. The first-order valence-electron chi connectivity index (χ1n) is 4.87. The Morgan fingerprint density at radius 3 is 2.59 bits per heavy atom. The van der Waals surface area contributed by atoms with Crippen molar-refractivity contribution in [1.29, 1.82) is 0 Å². The summed E-state index contributed by atoms with van der Waals surface area (Å²) < 4.78 is 14.5. The molecule has 0 bridgehead atoms. The molecular formula is C13H8BrFO2. The van der Waals surface area contributed by atoms with E-state index in [9.17, 15) is 9.18 Å². The van der Waals surface area contributed by atoms with Crippen molar-refractivity contribution < 1.29 is 14.3 Å². The van der Waals surface area contributed by atoms with Crippen LogP contribution in [-0.4, -0.2) is 11.1 Å². The van der Waals surface area contributed by atoms with Crippen molar-refractivity contribution in [3.63, 3.8) is 0 Å². The third-order valence-electron chi connectivity index (χ3n) is 2.35. The van der Waals surface area contributed by atoms with Crippen LogP contribution in [-0.2, 0) is 0 Å². The minimum absolute atomic E-state index is 0.0707. The molecule has 0 spiro atoms. The Bertz CT molecular complexity index is 581. The van der Waals surface area contributed by atoms with Gasteiger partial charge in [0.2, 0.25) is 0 Å². The third-order valence-corrected chi connectivity index (χ3v) is 2.84. The van der Waals surface area contributed by atoms with E-state index in [2.05, 4.69) is 15.9 Å². The Kier molecular flexibility index (Phi) is 3.24. The Balaban J connectivity index is 2.58. The van der Waals surface area contributed by atoms with Gasteiger partial charge in [0.25, 0.3) is 0 Å². The van der Waals surface area contributed by atoms with Crippen molar-refractivity contribution in [3.05, 3.63) is 58.3 Å². The molecule has 0 unspecified atom stereocenters. The first-order valence-corrected chi connectivity index (χ1v) is 5.66. The zero-order chi connectivity index (χ0) is 12.4. The molecule has 0 atom stereocenters. The second-order valence-electron chi connectivity index (χ2n) is 3.51. The average molecular weight is 295 g/mol. The van der Waals surface area contributed by atoms with E-state index >= 15 is 0 Å². The molecule has 86 valence electrons. The lowest BCUT2D eigenvalue weighted by molar-refractivity contribution is 0.0697. The van der Waals surface area contributed by atoms with E-state index in [1.807, 2.05) is 6.07 Å². The second kappa shape index (κ2) is 4.67. The SMILES string of the molecule is O=C(O)c1ccc(F)c(-c2cccc(Br)c2)c1. The van der Waals surface area contributed by atoms with Gasteiger partial charge in [-0.05, 0) is 35.9 Å². The van der Waals surface area contributed by atoms with E-state index in [-0.39, 0.29) is 11.1 Å². The highest BCUT2D eigenvalue weighted by molar-refractivity contribution is 9.10. The lowest BCUT2D eigenvalue weighted by atomic mass is 10.0. The highest BCUT2D eigenvalue weighted by Gasteiger charge is 2.10. The Hall–Kier alpha value is -1.68. The van der Waals surface area contributed by atoms with Gasteiger partial charge in [0.15, 0.2) is 0 Å². The lowest BCUT2D eigenvalue weighted by Gasteiger charge is -2.05. The minimum Gasteiger partial charge on any atom is -0.478 e. The van der Waals surface area contributed by atoms with Gasteiger partial charge in [0.05, 0.1) is 5.56 Å². The number of aromatic carboxylic acids is 1. The number of hydrogen-bond donors (Lipinski definition) is 1. The molecule has 0 saturated heterocycles. The normalized spacial score (nSPS) is 10.2. The molecule has 2 aromatic rings. The van der Waals surface area contributed by atoms with Crippen molar-refractivity contribution in [1.82, 2.24) is 0 Å². The summed E-state index contributed by atoms with van der Waals surface area (Å²) >= 11 is 3.29. The molecule has 0 saturated carbocycles. The summed E-state index contributed by atoms with van der Waals surface area (Å²) in [4.78, 5) is 10.8. The monoisotopic (exact) mass is 294 g/mol. The topological polar surface area (TPSA) is 37.3 Å². The summed E-state index contributed by atoms with van der Waals surface area (Å²) in [6, 6.07) is 10.8. The van der Waals surface area contributed by atoms with Crippen LogP contribution in [0.2, 0.25) is 0 Å². The van der Waals surface area contributed by atoms with Crippen molar-refractivity contribution >= 4 is 21.9 Å². The lowest BCUT2D eigenvalue weighted by Crippen LogP contribution is -1.97. The van der Waals surface area contributed by atoms with Gasteiger partial charge in [-0.15, -0.1) is 0 Å². The molecule has 0 aliphatic carbocycles. The summed E-state index contributed by atoms with van der Waals surface area (Å²) in [6.45, 7) is 0. The van der Waals surface area contributed by atoms with E-state index < -0.39 is 11.8 Å². The number of carboxylic acids is 1. The Morgan fingerprint density at radius 2 is 1.94 bits per heavy atom. The minimum atomic E-state index is -1.07. The van der Waals surface area contributed by atoms with Gasteiger partial charge in [-0.2, -0.15) is 0 Å². The standard InChI is InChI=1S/C13H8BrFO2/c14-10-3-1-2-8(6-10)11-7-9(13(16)17)4-5-12(11)15/h1-7H,(H,16,17). The van der Waals surface area contributed by atoms with Crippen LogP contribution in [0.4, 0.5) is 4.39 Å². The van der Waals surface area contributed by atoms with E-state index in [1.54, 1.807) is 18.2 Å². The van der Waals surface area contributed by atoms with Crippen LogP contribution < -0.4 is 0 Å². The molecule has 0 heterocycles. The molecule has 0 aliphatic heterocycles. The fourth-order valence-corrected chi connectivity index (χ4v) is 1.93. The van der Waals surface area contributed by atoms with Gasteiger partial charge >= 0.3 is 5.97 Å². The van der Waals surface area contributed by atoms with Crippen molar-refractivity contribution in [2.75, 3.05) is 0 Å². The molecule has 0 radical (unpaired) electrons. The summed E-state index contributed by atoms with van der Waals surface area (Å²) in [5, 5.41) is 8.87. The summed E-state index contributed by atoms with van der Waals surface area (Å²) in [5.74, 6) is -1.51. The van der Waals surface area contributed by atoms with E-state index in [4.69, 9.17) is 5.11 Å². The third kappa shape index (κ3) is 2.53. The van der Waals surface area contributed by atoms with Crippen LogP contribution in [0.15, 0.2) is 46.9 Å². The van der Waals surface area contributed by atoms with Crippen LogP contribution >= 0.6 is 15.9 Å². The van der Waals surface area contributed by atoms with Crippen molar-refractivity contribution in [2.45, 2.75) is 0 Å². The van der Waals surface area contributed by atoms with Crippen LogP contribution in [0.3, 0.4) is 0 Å². The Labute approximate surface area is 106 Å². The van der Waals surface area contributed by atoms with Gasteiger partial charge in [0, 0.05) is 10.0 Å². The van der Waals surface area contributed by atoms with Crippen LogP contribution in [0.5, 0.6) is 0 Å². The van der Waals surface area contributed by atoms with E-state index in [0.717, 1.165) is 4.47 Å². The number of carbonyl (C=O) groups is 1. The maximum atomic E-state index is 13.6. The fraction of sp³-hybridized carbons (Fsp3) is 0. The zero-order valence-corrected chi connectivity index (χ0v) is 10.2. The number of benzene rings is 2. The first-order chi connectivity index (χ1) is 8.08. The van der Waals surface area contributed by atoms with Crippen molar-refractivity contribution in [3.8, 4) is 11.1 Å².